The summed E-state index contributed by atoms with van der Waals surface area (Å²) in [5.41, 5.74) is 2.67. The van der Waals surface area contributed by atoms with Crippen LogP contribution in [0, 0.1) is 0 Å². The molecule has 1 aliphatic carbocycles. The zero-order valence-electron chi connectivity index (χ0n) is 16.6. The largest absolute Gasteiger partial charge is 0.354 e. The molecule has 1 saturated carbocycles. The van der Waals surface area contributed by atoms with Crippen molar-refractivity contribution >= 4 is 41.7 Å². The van der Waals surface area contributed by atoms with E-state index in [0.29, 0.717) is 6.04 Å². The van der Waals surface area contributed by atoms with E-state index in [2.05, 4.69) is 64.9 Å². The number of nitrogens with one attached hydrogen (secondary N) is 2. The standard InChI is InChI=1S/C20H34N4S.HI/c1-5-24(6-2)15-17-9-7-16(8-10-17)14-22-20(21-3)23-18-11-12-19(13-18)25-4;/h7-10,18-19H,5-6,11-15H2,1-4H3,(H2,21,22,23);1H. The van der Waals surface area contributed by atoms with Gasteiger partial charge in [0.15, 0.2) is 5.96 Å². The van der Waals surface area contributed by atoms with Crippen LogP contribution in [-0.4, -0.2) is 48.5 Å². The number of rotatable bonds is 8. The van der Waals surface area contributed by atoms with Gasteiger partial charge in [0, 0.05) is 31.4 Å². The van der Waals surface area contributed by atoms with E-state index < -0.39 is 0 Å². The van der Waals surface area contributed by atoms with Gasteiger partial charge < -0.3 is 10.6 Å². The van der Waals surface area contributed by atoms with Crippen LogP contribution >= 0.6 is 35.7 Å². The molecule has 4 nitrogen and oxygen atoms in total. The average Bonchev–Trinajstić information content (AvgIpc) is 3.11. The van der Waals surface area contributed by atoms with Crippen molar-refractivity contribution in [2.75, 3.05) is 26.4 Å². The van der Waals surface area contributed by atoms with Gasteiger partial charge in [0.25, 0.3) is 0 Å². The van der Waals surface area contributed by atoms with Crippen LogP contribution in [0.3, 0.4) is 0 Å². The van der Waals surface area contributed by atoms with E-state index in [1.54, 1.807) is 0 Å². The fourth-order valence-electron chi connectivity index (χ4n) is 3.33. The van der Waals surface area contributed by atoms with Crippen molar-refractivity contribution in [3.8, 4) is 0 Å². The summed E-state index contributed by atoms with van der Waals surface area (Å²) in [4.78, 5) is 6.81. The van der Waals surface area contributed by atoms with Gasteiger partial charge in [0.2, 0.25) is 0 Å². The van der Waals surface area contributed by atoms with Crippen LogP contribution in [0.15, 0.2) is 29.3 Å². The highest BCUT2D eigenvalue weighted by molar-refractivity contribution is 14.0. The zero-order chi connectivity index (χ0) is 18.1. The van der Waals surface area contributed by atoms with Crippen molar-refractivity contribution in [2.45, 2.75) is 57.5 Å². The van der Waals surface area contributed by atoms with Gasteiger partial charge in [-0.05, 0) is 49.7 Å². The molecule has 2 rings (SSSR count). The number of halogens is 1. The van der Waals surface area contributed by atoms with E-state index in [1.165, 1.54) is 30.4 Å². The molecule has 2 atom stereocenters. The van der Waals surface area contributed by atoms with Crippen LogP contribution in [0.4, 0.5) is 0 Å². The second-order valence-corrected chi connectivity index (χ2v) is 7.85. The number of guanidine groups is 1. The van der Waals surface area contributed by atoms with Gasteiger partial charge in [0.05, 0.1) is 0 Å². The van der Waals surface area contributed by atoms with Gasteiger partial charge in [-0.3, -0.25) is 9.89 Å². The van der Waals surface area contributed by atoms with Crippen LogP contribution in [0.25, 0.3) is 0 Å². The summed E-state index contributed by atoms with van der Waals surface area (Å²) in [5.74, 6) is 0.916. The Morgan fingerprint density at radius 2 is 1.81 bits per heavy atom. The lowest BCUT2D eigenvalue weighted by Gasteiger charge is -2.19. The van der Waals surface area contributed by atoms with Crippen molar-refractivity contribution in [1.82, 2.24) is 15.5 Å². The van der Waals surface area contributed by atoms with E-state index in [9.17, 15) is 0 Å². The molecule has 2 unspecified atom stereocenters. The van der Waals surface area contributed by atoms with Crippen molar-refractivity contribution in [2.24, 2.45) is 4.99 Å². The van der Waals surface area contributed by atoms with Gasteiger partial charge in [-0.2, -0.15) is 11.8 Å². The fraction of sp³-hybridized carbons (Fsp3) is 0.650. The summed E-state index contributed by atoms with van der Waals surface area (Å²) in [7, 11) is 1.85. The van der Waals surface area contributed by atoms with Gasteiger partial charge >= 0.3 is 0 Å². The van der Waals surface area contributed by atoms with E-state index in [1.807, 2.05) is 18.8 Å². The Hall–Kier alpha value is -0.470. The number of thioether (sulfide) groups is 1. The molecule has 148 valence electrons. The summed E-state index contributed by atoms with van der Waals surface area (Å²) in [6.45, 7) is 8.46. The van der Waals surface area contributed by atoms with Crippen molar-refractivity contribution in [1.29, 1.82) is 0 Å². The average molecular weight is 490 g/mol. The van der Waals surface area contributed by atoms with Crippen LogP contribution in [0.5, 0.6) is 0 Å². The Kier molecular flexibility index (Phi) is 11.6. The second kappa shape index (κ2) is 12.8. The molecular formula is C20H35IN4S. The van der Waals surface area contributed by atoms with E-state index in [-0.39, 0.29) is 24.0 Å². The summed E-state index contributed by atoms with van der Waals surface area (Å²) in [6, 6.07) is 9.48. The van der Waals surface area contributed by atoms with Gasteiger partial charge in [-0.1, -0.05) is 38.1 Å². The Balaban J connectivity index is 0.00000338. The first-order valence-corrected chi connectivity index (χ1v) is 10.8. The van der Waals surface area contributed by atoms with Crippen LogP contribution in [0.1, 0.15) is 44.2 Å². The highest BCUT2D eigenvalue weighted by Gasteiger charge is 2.24. The highest BCUT2D eigenvalue weighted by Crippen LogP contribution is 2.28. The predicted octanol–water partition coefficient (Wildman–Crippen LogP) is 4.10. The van der Waals surface area contributed by atoms with E-state index >= 15 is 0 Å². The first-order valence-electron chi connectivity index (χ1n) is 9.48. The molecule has 26 heavy (non-hydrogen) atoms. The molecule has 0 aliphatic heterocycles. The lowest BCUT2D eigenvalue weighted by atomic mass is 10.1. The van der Waals surface area contributed by atoms with Gasteiger partial charge in [-0.15, -0.1) is 24.0 Å². The van der Waals surface area contributed by atoms with Crippen LogP contribution in [0.2, 0.25) is 0 Å². The lowest BCUT2D eigenvalue weighted by Crippen LogP contribution is -2.42. The molecule has 0 aromatic heterocycles. The Bertz CT molecular complexity index is 531. The minimum absolute atomic E-state index is 0. The smallest absolute Gasteiger partial charge is 0.191 e. The first-order chi connectivity index (χ1) is 12.2. The van der Waals surface area contributed by atoms with Crippen molar-refractivity contribution < 1.29 is 0 Å². The van der Waals surface area contributed by atoms with Gasteiger partial charge in [-0.25, -0.2) is 0 Å². The molecule has 0 amide bonds. The Morgan fingerprint density at radius 1 is 1.15 bits per heavy atom. The maximum Gasteiger partial charge on any atom is 0.191 e. The number of aliphatic imine (C=N–C) groups is 1. The molecule has 2 N–H and O–H groups in total. The quantitative estimate of drug-likeness (QED) is 0.327. The third-order valence-corrected chi connectivity index (χ3v) is 6.16. The molecule has 1 aromatic carbocycles. The molecule has 0 saturated heterocycles. The minimum atomic E-state index is 0. The molecule has 0 radical (unpaired) electrons. The summed E-state index contributed by atoms with van der Waals surface area (Å²) >= 11 is 1.99. The minimum Gasteiger partial charge on any atom is -0.354 e. The molecular weight excluding hydrogens is 455 g/mol. The lowest BCUT2D eigenvalue weighted by molar-refractivity contribution is 0.296. The molecule has 0 bridgehead atoms. The first kappa shape index (κ1) is 23.6. The third-order valence-electron chi connectivity index (χ3n) is 5.07. The Labute approximate surface area is 181 Å². The summed E-state index contributed by atoms with van der Waals surface area (Å²) in [5, 5.41) is 7.82. The maximum absolute atomic E-state index is 4.38. The number of nitrogens with zero attached hydrogens (tertiary/aromatic N) is 2. The second-order valence-electron chi connectivity index (χ2n) is 6.72. The number of hydrogen-bond donors (Lipinski definition) is 2. The molecule has 1 fully saturated rings. The molecule has 1 aliphatic rings. The Morgan fingerprint density at radius 3 is 2.35 bits per heavy atom. The number of benzene rings is 1. The van der Waals surface area contributed by atoms with Crippen LogP contribution < -0.4 is 10.6 Å². The van der Waals surface area contributed by atoms with Crippen LogP contribution in [-0.2, 0) is 13.1 Å². The third kappa shape index (κ3) is 7.64. The van der Waals surface area contributed by atoms with E-state index in [0.717, 1.165) is 37.4 Å². The van der Waals surface area contributed by atoms with Crippen molar-refractivity contribution in [3.63, 3.8) is 0 Å². The predicted molar refractivity (Wildman–Crippen MR) is 127 cm³/mol. The van der Waals surface area contributed by atoms with Gasteiger partial charge in [0.1, 0.15) is 0 Å². The van der Waals surface area contributed by atoms with Crippen molar-refractivity contribution in [3.05, 3.63) is 35.4 Å². The SMILES string of the molecule is CCN(CC)Cc1ccc(CNC(=NC)NC2CCC(SC)C2)cc1.I. The molecule has 1 aromatic rings. The topological polar surface area (TPSA) is 39.7 Å². The monoisotopic (exact) mass is 490 g/mol. The summed E-state index contributed by atoms with van der Waals surface area (Å²) < 4.78 is 0. The highest BCUT2D eigenvalue weighted by atomic mass is 127. The normalized spacial score (nSPS) is 20.1. The van der Waals surface area contributed by atoms with E-state index in [4.69, 9.17) is 0 Å². The number of hydrogen-bond acceptors (Lipinski definition) is 3. The maximum atomic E-state index is 4.38. The molecule has 0 spiro atoms. The zero-order valence-corrected chi connectivity index (χ0v) is 19.8. The molecule has 6 heteroatoms. The summed E-state index contributed by atoms with van der Waals surface area (Å²) in [6.07, 6.45) is 6.00. The fourth-order valence-corrected chi connectivity index (χ4v) is 4.12. The molecule has 0 heterocycles.